The number of aliphatic carboxylic acids is 2. The molecule has 0 bridgehead atoms. The largest absolute Gasteiger partial charge is 0.481 e. The van der Waals surface area contributed by atoms with E-state index in [0.717, 1.165) is 11.3 Å². The number of rotatable bonds is 12. The SMILES string of the molecule is C=CCON=C(C(=O)NC1C(=O)N2CC(CSc3nc(C)c(CC(=O)O)s3)(C(=O)O)CS[C@H]12)c1nc(N)sc1Cl. The predicted octanol–water partition coefficient (Wildman–Crippen LogP) is 1.94. The number of anilines is 1. The van der Waals surface area contributed by atoms with Crippen molar-refractivity contribution < 1.29 is 34.2 Å². The number of nitrogen functional groups attached to an aromatic ring is 1. The smallest absolute Gasteiger partial charge is 0.313 e. The number of amides is 2. The molecule has 2 aromatic heterocycles. The number of aryl methyl sites for hydroxylation is 1. The van der Waals surface area contributed by atoms with E-state index in [4.69, 9.17) is 27.3 Å². The first-order valence-electron chi connectivity index (χ1n) is 11.5. The van der Waals surface area contributed by atoms with Crippen molar-refractivity contribution >= 4 is 92.4 Å². The van der Waals surface area contributed by atoms with Gasteiger partial charge >= 0.3 is 11.9 Å². The average Bonchev–Trinajstić information content (AvgIpc) is 3.42. The number of hydrogen-bond donors (Lipinski definition) is 4. The lowest BCUT2D eigenvalue weighted by molar-refractivity contribution is -0.157. The number of carbonyl (C=O) groups is 4. The van der Waals surface area contributed by atoms with Gasteiger partial charge in [-0.3, -0.25) is 19.2 Å². The van der Waals surface area contributed by atoms with Crippen molar-refractivity contribution in [2.24, 2.45) is 10.6 Å². The van der Waals surface area contributed by atoms with Gasteiger partial charge < -0.3 is 31.0 Å². The van der Waals surface area contributed by atoms with E-state index < -0.39 is 40.6 Å². The van der Waals surface area contributed by atoms with Gasteiger partial charge in [0.1, 0.15) is 37.8 Å². The third-order valence-corrected chi connectivity index (χ3v) is 11.2. The van der Waals surface area contributed by atoms with Crippen molar-refractivity contribution in [1.82, 2.24) is 20.2 Å². The lowest BCUT2D eigenvalue weighted by atomic mass is 9.89. The molecule has 214 valence electrons. The van der Waals surface area contributed by atoms with Crippen LogP contribution in [0.15, 0.2) is 22.2 Å². The van der Waals surface area contributed by atoms with Gasteiger partial charge in [0, 0.05) is 22.9 Å². The second kappa shape index (κ2) is 12.3. The zero-order valence-electron chi connectivity index (χ0n) is 20.8. The van der Waals surface area contributed by atoms with Gasteiger partial charge in [-0.25, -0.2) is 9.97 Å². The molecule has 4 rings (SSSR count). The number of oxime groups is 1. The number of hydrogen-bond acceptors (Lipinski definition) is 13. The fourth-order valence-electron chi connectivity index (χ4n) is 3.89. The molecule has 2 aromatic rings. The Morgan fingerprint density at radius 1 is 1.38 bits per heavy atom. The molecule has 18 heteroatoms. The molecule has 5 N–H and O–H groups in total. The fraction of sp³-hybridized carbons (Fsp3) is 0.409. The maximum Gasteiger partial charge on any atom is 0.313 e. The molecule has 40 heavy (non-hydrogen) atoms. The van der Waals surface area contributed by atoms with Crippen molar-refractivity contribution in [3.63, 3.8) is 0 Å². The van der Waals surface area contributed by atoms with Crippen molar-refractivity contribution in [3.8, 4) is 0 Å². The summed E-state index contributed by atoms with van der Waals surface area (Å²) in [7, 11) is 0. The van der Waals surface area contributed by atoms with Crippen LogP contribution in [0.1, 0.15) is 16.3 Å². The Morgan fingerprint density at radius 3 is 2.75 bits per heavy atom. The molecule has 2 aliphatic heterocycles. The zero-order valence-corrected chi connectivity index (χ0v) is 24.8. The highest BCUT2D eigenvalue weighted by molar-refractivity contribution is 8.01. The number of thiazole rings is 2. The van der Waals surface area contributed by atoms with E-state index in [0.29, 0.717) is 14.9 Å². The molecule has 2 amide bonds. The minimum atomic E-state index is -1.26. The number of nitrogens with two attached hydrogens (primary N) is 1. The van der Waals surface area contributed by atoms with Crippen molar-refractivity contribution in [2.75, 3.05) is 30.4 Å². The van der Waals surface area contributed by atoms with Gasteiger partial charge in [0.2, 0.25) is 5.91 Å². The van der Waals surface area contributed by atoms with E-state index in [1.54, 1.807) is 6.92 Å². The normalized spacial score (nSPS) is 22.3. The summed E-state index contributed by atoms with van der Waals surface area (Å²) in [6, 6.07) is -0.920. The Morgan fingerprint density at radius 2 is 2.12 bits per heavy atom. The first kappa shape index (κ1) is 30.1. The third kappa shape index (κ3) is 6.22. The summed E-state index contributed by atoms with van der Waals surface area (Å²) >= 11 is 10.8. The van der Waals surface area contributed by atoms with Crippen LogP contribution in [-0.2, 0) is 30.4 Å². The van der Waals surface area contributed by atoms with Gasteiger partial charge in [-0.05, 0) is 6.92 Å². The molecule has 2 unspecified atom stereocenters. The first-order chi connectivity index (χ1) is 19.0. The van der Waals surface area contributed by atoms with E-state index in [1.807, 2.05) is 0 Å². The topological polar surface area (TPSA) is 197 Å². The third-order valence-electron chi connectivity index (χ3n) is 5.93. The summed E-state index contributed by atoms with van der Waals surface area (Å²) in [5.74, 6) is -2.92. The maximum absolute atomic E-state index is 13.1. The van der Waals surface area contributed by atoms with Gasteiger partial charge in [-0.1, -0.05) is 52.5 Å². The van der Waals surface area contributed by atoms with Crippen molar-refractivity contribution in [1.29, 1.82) is 0 Å². The summed E-state index contributed by atoms with van der Waals surface area (Å²) in [4.78, 5) is 65.1. The molecule has 0 spiro atoms. The summed E-state index contributed by atoms with van der Waals surface area (Å²) in [5.41, 5.74) is 4.78. The minimum absolute atomic E-state index is 0.0107. The second-order valence-electron chi connectivity index (χ2n) is 8.75. The van der Waals surface area contributed by atoms with Crippen molar-refractivity contribution in [3.05, 3.63) is 33.3 Å². The maximum atomic E-state index is 13.1. The summed E-state index contributed by atoms with van der Waals surface area (Å²) in [5, 5.41) is 25.2. The van der Waals surface area contributed by atoms with Crippen LogP contribution in [0.5, 0.6) is 0 Å². The van der Waals surface area contributed by atoms with Gasteiger partial charge in [-0.15, -0.1) is 23.1 Å². The number of thioether (sulfide) groups is 2. The number of halogens is 1. The Labute approximate surface area is 249 Å². The Bertz CT molecular complexity index is 1400. The monoisotopic (exact) mass is 646 g/mol. The van der Waals surface area contributed by atoms with Crippen LogP contribution in [0.4, 0.5) is 5.13 Å². The van der Waals surface area contributed by atoms with Crippen LogP contribution in [0.25, 0.3) is 0 Å². The number of fused-ring (bicyclic) bond motifs is 1. The molecular weight excluding hydrogens is 624 g/mol. The van der Waals surface area contributed by atoms with E-state index in [2.05, 4.69) is 27.0 Å². The van der Waals surface area contributed by atoms with Crippen LogP contribution < -0.4 is 11.1 Å². The molecule has 0 aromatic carbocycles. The molecule has 0 radical (unpaired) electrons. The first-order valence-corrected chi connectivity index (χ1v) is 15.5. The number of carbonyl (C=O) groups excluding carboxylic acids is 2. The fourth-order valence-corrected chi connectivity index (χ4v) is 8.90. The lowest BCUT2D eigenvalue weighted by Crippen LogP contribution is -2.74. The molecule has 0 aliphatic carbocycles. The summed E-state index contributed by atoms with van der Waals surface area (Å²) < 4.78 is 0.685. The van der Waals surface area contributed by atoms with E-state index in [1.165, 1.54) is 45.8 Å². The molecule has 3 atom stereocenters. The van der Waals surface area contributed by atoms with Gasteiger partial charge in [0.25, 0.3) is 5.91 Å². The molecule has 2 fully saturated rings. The Balaban J connectivity index is 1.43. The zero-order chi connectivity index (χ0) is 29.2. The van der Waals surface area contributed by atoms with E-state index >= 15 is 0 Å². The number of nitrogens with one attached hydrogen (secondary N) is 1. The quantitative estimate of drug-likeness (QED) is 0.0654. The average molecular weight is 647 g/mol. The molecule has 2 saturated heterocycles. The number of carboxylic acids is 2. The Hall–Kier alpha value is -2.86. The van der Waals surface area contributed by atoms with Crippen LogP contribution in [0, 0.1) is 12.3 Å². The minimum Gasteiger partial charge on any atom is -0.481 e. The highest BCUT2D eigenvalue weighted by atomic mass is 35.5. The number of nitrogens with zero attached hydrogens (tertiary/aromatic N) is 4. The molecular formula is C22H23ClN6O7S4. The predicted molar refractivity (Wildman–Crippen MR) is 153 cm³/mol. The molecule has 13 nitrogen and oxygen atoms in total. The molecule has 0 saturated carbocycles. The number of aromatic nitrogens is 2. The van der Waals surface area contributed by atoms with E-state index in [9.17, 15) is 24.3 Å². The van der Waals surface area contributed by atoms with Crippen molar-refractivity contribution in [2.45, 2.75) is 29.1 Å². The van der Waals surface area contributed by atoms with E-state index in [-0.39, 0.29) is 52.0 Å². The van der Waals surface area contributed by atoms with Gasteiger partial charge in [-0.2, -0.15) is 0 Å². The van der Waals surface area contributed by atoms with Crippen LogP contribution in [-0.4, -0.2) is 90.6 Å². The second-order valence-corrected chi connectivity index (χ2v) is 13.8. The molecule has 4 heterocycles. The summed E-state index contributed by atoms with van der Waals surface area (Å²) in [6.45, 7) is 5.18. The number of carboxylic acid groups (broad SMARTS) is 2. The highest BCUT2D eigenvalue weighted by Gasteiger charge is 2.57. The molecule has 2 aliphatic rings. The number of β-lactam (4-membered cyclic amide) rings is 1. The van der Waals surface area contributed by atoms with Crippen LogP contribution in [0.3, 0.4) is 0 Å². The van der Waals surface area contributed by atoms with Gasteiger partial charge in [0.15, 0.2) is 10.8 Å². The van der Waals surface area contributed by atoms with Crippen LogP contribution in [0.2, 0.25) is 4.34 Å². The standard InChI is InChI=1S/C22H23ClN6O7S4/c1-3-4-36-28-13(12-15(23)40-20(24)27-12)16(32)26-14-17(33)29-6-22(19(34)35,7-37-18(14)29)8-38-21-25-9(2)10(39-21)5-11(30)31/h3,14,18H,1,4-8H2,2H3,(H2,24,27)(H,26,32)(H,30,31)(H,34,35)/t14?,18-,22?/m1/s1. The van der Waals surface area contributed by atoms with Crippen LogP contribution >= 0.6 is 57.8 Å². The Kier molecular flexibility index (Phi) is 9.29. The lowest BCUT2D eigenvalue weighted by Gasteiger charge is -2.53. The summed E-state index contributed by atoms with van der Waals surface area (Å²) in [6.07, 6.45) is 1.27. The highest BCUT2D eigenvalue weighted by Crippen LogP contribution is 2.45. The van der Waals surface area contributed by atoms with Gasteiger partial charge in [0.05, 0.1) is 12.1 Å².